The molecule has 1 heterocycles. The second-order valence-electron chi connectivity index (χ2n) is 10.0. The summed E-state index contributed by atoms with van der Waals surface area (Å²) in [5.74, 6) is 1.39. The van der Waals surface area contributed by atoms with Crippen molar-refractivity contribution in [3.05, 3.63) is 99.6 Å². The molecule has 1 amide bonds. The molecule has 0 aliphatic carbocycles. The van der Waals surface area contributed by atoms with Crippen LogP contribution in [0.1, 0.15) is 60.5 Å². The quantitative estimate of drug-likeness (QED) is 0.288. The predicted molar refractivity (Wildman–Crippen MR) is 149 cm³/mol. The Labute approximate surface area is 218 Å². The number of carbonyl (C=O) groups excluding carboxylic acids is 1. The van der Waals surface area contributed by atoms with E-state index in [0.717, 1.165) is 17.5 Å². The third-order valence-electron chi connectivity index (χ3n) is 6.72. The van der Waals surface area contributed by atoms with E-state index >= 15 is 0 Å². The zero-order valence-electron chi connectivity index (χ0n) is 22.5. The Balaban J connectivity index is 1.95. The molecule has 1 unspecified atom stereocenters. The average Bonchev–Trinajstić information content (AvgIpc) is 2.88. The van der Waals surface area contributed by atoms with Crippen molar-refractivity contribution in [2.24, 2.45) is 5.92 Å². The number of carbonyl (C=O) groups is 1. The lowest BCUT2D eigenvalue weighted by Gasteiger charge is -2.31. The highest BCUT2D eigenvalue weighted by Crippen LogP contribution is 2.29. The van der Waals surface area contributed by atoms with Crippen molar-refractivity contribution in [3.63, 3.8) is 0 Å². The molecular weight excluding hydrogens is 462 g/mol. The molecule has 0 saturated carbocycles. The molecule has 0 spiro atoms. The molecule has 1 aromatic heterocycles. The minimum atomic E-state index is -0.477. The molecule has 0 bridgehead atoms. The van der Waals surface area contributed by atoms with E-state index in [0.29, 0.717) is 46.2 Å². The van der Waals surface area contributed by atoms with Crippen LogP contribution in [0.15, 0.2) is 71.5 Å². The largest absolute Gasteiger partial charge is 0.495 e. The van der Waals surface area contributed by atoms with Crippen LogP contribution in [0.2, 0.25) is 0 Å². The van der Waals surface area contributed by atoms with E-state index in [1.807, 2.05) is 86.3 Å². The van der Waals surface area contributed by atoms with Crippen molar-refractivity contribution in [2.45, 2.75) is 47.1 Å². The third kappa shape index (κ3) is 5.43. The fraction of sp³-hybridized carbons (Fsp3) is 0.323. The lowest BCUT2D eigenvalue weighted by Crippen LogP contribution is -2.38. The summed E-state index contributed by atoms with van der Waals surface area (Å²) in [6.45, 7) is 10.7. The van der Waals surface area contributed by atoms with Crippen LogP contribution in [-0.4, -0.2) is 34.0 Å². The Morgan fingerprint density at radius 1 is 0.973 bits per heavy atom. The summed E-state index contributed by atoms with van der Waals surface area (Å²) < 4.78 is 7.27. The smallest absolute Gasteiger partial charge is 0.266 e. The molecule has 0 fully saturated rings. The number of hydrogen-bond acceptors (Lipinski definition) is 4. The van der Waals surface area contributed by atoms with E-state index in [9.17, 15) is 9.59 Å². The van der Waals surface area contributed by atoms with Gasteiger partial charge in [0.25, 0.3) is 11.5 Å². The van der Waals surface area contributed by atoms with Crippen molar-refractivity contribution in [2.75, 3.05) is 13.7 Å². The maximum atomic E-state index is 14.0. The van der Waals surface area contributed by atoms with Crippen LogP contribution in [0.4, 0.5) is 0 Å². The van der Waals surface area contributed by atoms with Gasteiger partial charge in [-0.3, -0.25) is 14.2 Å². The Morgan fingerprint density at radius 2 is 1.65 bits per heavy atom. The number of ether oxygens (including phenoxy) is 1. The van der Waals surface area contributed by atoms with Crippen molar-refractivity contribution >= 4 is 16.8 Å². The highest BCUT2D eigenvalue weighted by molar-refractivity contribution is 5.94. The van der Waals surface area contributed by atoms with Gasteiger partial charge in [-0.2, -0.15) is 0 Å². The van der Waals surface area contributed by atoms with Gasteiger partial charge >= 0.3 is 0 Å². The molecule has 192 valence electrons. The first-order valence-corrected chi connectivity index (χ1v) is 12.8. The summed E-state index contributed by atoms with van der Waals surface area (Å²) in [5, 5.41) is 0.514. The van der Waals surface area contributed by atoms with Gasteiger partial charge in [0.15, 0.2) is 0 Å². The van der Waals surface area contributed by atoms with E-state index in [-0.39, 0.29) is 11.5 Å². The number of methoxy groups -OCH3 is 1. The molecule has 4 rings (SSSR count). The molecule has 6 nitrogen and oxygen atoms in total. The third-order valence-corrected chi connectivity index (χ3v) is 6.72. The number of rotatable bonds is 8. The van der Waals surface area contributed by atoms with Crippen LogP contribution >= 0.6 is 0 Å². The molecule has 1 atom stereocenters. The number of amides is 1. The summed E-state index contributed by atoms with van der Waals surface area (Å²) in [7, 11) is 1.59. The van der Waals surface area contributed by atoms with Gasteiger partial charge < -0.3 is 9.64 Å². The van der Waals surface area contributed by atoms with E-state index in [1.165, 1.54) is 0 Å². The van der Waals surface area contributed by atoms with E-state index < -0.39 is 6.04 Å². The van der Waals surface area contributed by atoms with E-state index in [2.05, 4.69) is 13.8 Å². The Hall–Kier alpha value is -3.93. The lowest BCUT2D eigenvalue weighted by molar-refractivity contribution is 0.0671. The van der Waals surface area contributed by atoms with Crippen LogP contribution in [0, 0.1) is 19.8 Å². The lowest BCUT2D eigenvalue weighted by atomic mass is 10.1. The number of fused-ring (bicyclic) bond motifs is 1. The van der Waals surface area contributed by atoms with Crippen LogP contribution in [0.25, 0.3) is 16.6 Å². The SMILES string of the molecule is COc1ccc(C)cc1-n1c(C(C)N(CCC(C)C)C(=O)c2ccc(C)cc2)nc2ccccc2c1=O. The zero-order valence-corrected chi connectivity index (χ0v) is 22.5. The normalized spacial score (nSPS) is 12.1. The van der Waals surface area contributed by atoms with Gasteiger partial charge in [-0.15, -0.1) is 0 Å². The van der Waals surface area contributed by atoms with Crippen LogP contribution in [0.3, 0.4) is 0 Å². The topological polar surface area (TPSA) is 64.4 Å². The van der Waals surface area contributed by atoms with Crippen molar-refractivity contribution in [1.29, 1.82) is 0 Å². The van der Waals surface area contributed by atoms with E-state index in [4.69, 9.17) is 9.72 Å². The first-order valence-electron chi connectivity index (χ1n) is 12.8. The fourth-order valence-electron chi connectivity index (χ4n) is 4.51. The van der Waals surface area contributed by atoms with Gasteiger partial charge in [0.1, 0.15) is 11.6 Å². The molecule has 0 aliphatic heterocycles. The number of hydrogen-bond donors (Lipinski definition) is 0. The predicted octanol–water partition coefficient (Wildman–Crippen LogP) is 6.26. The van der Waals surface area contributed by atoms with Crippen LogP contribution in [0.5, 0.6) is 5.75 Å². The standard InChI is InChI=1S/C31H35N3O3/c1-20(2)17-18-33(30(35)24-14-11-21(3)12-15-24)23(5)29-32-26-10-8-7-9-25(26)31(36)34(29)27-19-22(4)13-16-28(27)37-6/h7-16,19-20,23H,17-18H2,1-6H3. The Bertz CT molecular complexity index is 1470. The molecule has 3 aromatic carbocycles. The van der Waals surface area contributed by atoms with Crippen LogP contribution < -0.4 is 10.3 Å². The molecule has 0 radical (unpaired) electrons. The maximum absolute atomic E-state index is 14.0. The molecule has 37 heavy (non-hydrogen) atoms. The molecular formula is C31H35N3O3. The monoisotopic (exact) mass is 497 g/mol. The van der Waals surface area contributed by atoms with Gasteiger partial charge in [-0.1, -0.05) is 49.7 Å². The molecule has 0 N–H and O–H groups in total. The average molecular weight is 498 g/mol. The highest BCUT2D eigenvalue weighted by atomic mass is 16.5. The fourth-order valence-corrected chi connectivity index (χ4v) is 4.51. The van der Waals surface area contributed by atoms with Gasteiger partial charge in [0.2, 0.25) is 0 Å². The van der Waals surface area contributed by atoms with Crippen LogP contribution in [-0.2, 0) is 0 Å². The van der Waals surface area contributed by atoms with E-state index in [1.54, 1.807) is 17.7 Å². The van der Waals surface area contributed by atoms with Crippen molar-refractivity contribution in [3.8, 4) is 11.4 Å². The van der Waals surface area contributed by atoms with Crippen molar-refractivity contribution < 1.29 is 9.53 Å². The summed E-state index contributed by atoms with van der Waals surface area (Å²) in [4.78, 5) is 34.6. The molecule has 4 aromatic rings. The minimum absolute atomic E-state index is 0.0849. The second kappa shape index (κ2) is 11.0. The molecule has 6 heteroatoms. The van der Waals surface area contributed by atoms with Gasteiger partial charge in [0, 0.05) is 12.1 Å². The number of para-hydroxylation sites is 1. The first kappa shape index (κ1) is 26.1. The minimum Gasteiger partial charge on any atom is -0.495 e. The Kier molecular flexibility index (Phi) is 7.77. The van der Waals surface area contributed by atoms with Gasteiger partial charge in [-0.25, -0.2) is 4.98 Å². The number of aromatic nitrogens is 2. The second-order valence-corrected chi connectivity index (χ2v) is 10.0. The van der Waals surface area contributed by atoms with Crippen molar-refractivity contribution in [1.82, 2.24) is 14.5 Å². The maximum Gasteiger partial charge on any atom is 0.266 e. The van der Waals surface area contributed by atoms with Gasteiger partial charge in [-0.05, 0) is 75.1 Å². The number of benzene rings is 3. The molecule has 0 aliphatic rings. The van der Waals surface area contributed by atoms with Gasteiger partial charge in [0.05, 0.1) is 29.7 Å². The number of aryl methyl sites for hydroxylation is 2. The summed E-state index contributed by atoms with van der Waals surface area (Å²) >= 11 is 0. The summed E-state index contributed by atoms with van der Waals surface area (Å²) in [6, 6.07) is 20.2. The number of nitrogens with zero attached hydrogens (tertiary/aromatic N) is 3. The zero-order chi connectivity index (χ0) is 26.7. The summed E-state index contributed by atoms with van der Waals surface area (Å²) in [6.07, 6.45) is 0.827. The Morgan fingerprint density at radius 3 is 2.32 bits per heavy atom. The highest BCUT2D eigenvalue weighted by Gasteiger charge is 2.28. The summed E-state index contributed by atoms with van der Waals surface area (Å²) in [5.41, 5.74) is 3.71. The first-order chi connectivity index (χ1) is 17.7. The molecule has 0 saturated heterocycles.